The minimum Gasteiger partial charge on any atom is -0.478 e. The topological polar surface area (TPSA) is 64.3 Å². The Morgan fingerprint density at radius 3 is 2.58 bits per heavy atom. The fraction of sp³-hybridized carbons (Fsp3) is 0.158. The first-order valence-corrected chi connectivity index (χ1v) is 7.83. The number of hydrogen-bond acceptors (Lipinski definition) is 3. The van der Waals surface area contributed by atoms with Crippen molar-refractivity contribution >= 4 is 5.97 Å². The number of benzene rings is 2. The summed E-state index contributed by atoms with van der Waals surface area (Å²) in [5, 5.41) is 13.5. The Kier molecular flexibility index (Phi) is 2.69. The molecule has 3 heterocycles. The molecule has 0 amide bonds. The summed E-state index contributed by atoms with van der Waals surface area (Å²) in [7, 11) is 0. The molecule has 1 aromatic heterocycles. The van der Waals surface area contributed by atoms with Gasteiger partial charge in [0.15, 0.2) is 0 Å². The molecule has 2 bridgehead atoms. The van der Waals surface area contributed by atoms with Crippen molar-refractivity contribution in [3.8, 4) is 0 Å². The van der Waals surface area contributed by atoms with Crippen LogP contribution < -0.4 is 0 Å². The lowest BCUT2D eigenvalue weighted by atomic mass is 9.84. The van der Waals surface area contributed by atoms with Gasteiger partial charge in [0.1, 0.15) is 12.2 Å². The largest absolute Gasteiger partial charge is 0.478 e. The molecule has 0 aliphatic carbocycles. The maximum Gasteiger partial charge on any atom is 0.335 e. The number of nitrogens with zero attached hydrogens (tertiary/aromatic N) is 2. The molecule has 0 saturated carbocycles. The van der Waals surface area contributed by atoms with Crippen molar-refractivity contribution in [3.63, 3.8) is 0 Å². The van der Waals surface area contributed by atoms with Crippen LogP contribution in [0.15, 0.2) is 54.9 Å². The lowest BCUT2D eigenvalue weighted by molar-refractivity contribution is 0.0696. The second-order valence-electron chi connectivity index (χ2n) is 6.21. The highest BCUT2D eigenvalue weighted by atomic mass is 16.5. The predicted molar refractivity (Wildman–Crippen MR) is 85.9 cm³/mol. The third-order valence-electron chi connectivity index (χ3n) is 4.79. The van der Waals surface area contributed by atoms with Crippen LogP contribution in [0.4, 0.5) is 0 Å². The van der Waals surface area contributed by atoms with E-state index in [1.54, 1.807) is 18.3 Å². The Balaban J connectivity index is 1.55. The lowest BCUT2D eigenvalue weighted by Crippen LogP contribution is -2.07. The number of ether oxygens (including phenoxy) is 1. The van der Waals surface area contributed by atoms with E-state index in [1.807, 2.05) is 23.0 Å². The van der Waals surface area contributed by atoms with E-state index in [0.29, 0.717) is 12.1 Å². The molecule has 0 radical (unpaired) electrons. The molecular formula is C19H14N2O3. The SMILES string of the molecule is O=C(O)c1ccc2c(c1)[C@@H]1O[C@@H]2c2ccc(Cn3cccn3)cc21. The summed E-state index contributed by atoms with van der Waals surface area (Å²) in [6.45, 7) is 0.708. The molecule has 2 atom stereocenters. The summed E-state index contributed by atoms with van der Waals surface area (Å²) in [5.74, 6) is -0.909. The number of hydrogen-bond donors (Lipinski definition) is 1. The zero-order chi connectivity index (χ0) is 16.3. The highest BCUT2D eigenvalue weighted by Gasteiger charge is 2.42. The summed E-state index contributed by atoms with van der Waals surface area (Å²) in [6, 6.07) is 13.6. The highest BCUT2D eigenvalue weighted by molar-refractivity contribution is 5.88. The molecular weight excluding hydrogens is 304 g/mol. The van der Waals surface area contributed by atoms with E-state index < -0.39 is 5.97 Å². The van der Waals surface area contributed by atoms with Gasteiger partial charge in [-0.15, -0.1) is 0 Å². The van der Waals surface area contributed by atoms with Gasteiger partial charge in [0.25, 0.3) is 0 Å². The van der Waals surface area contributed by atoms with Crippen LogP contribution in [0.3, 0.4) is 0 Å². The standard InChI is InChI=1S/C19H14N2O3/c22-19(23)12-3-5-14-16(9-12)18-15-8-11(10-21-7-1-6-20-21)2-4-13(15)17(14)24-18/h1-9,17-18H,10H2,(H,22,23)/t17-,18-/m1/s1. The summed E-state index contributed by atoms with van der Waals surface area (Å²) in [5.41, 5.74) is 5.84. The fourth-order valence-corrected chi connectivity index (χ4v) is 3.71. The van der Waals surface area contributed by atoms with Gasteiger partial charge in [0.05, 0.1) is 12.1 Å². The quantitative estimate of drug-likeness (QED) is 0.806. The highest BCUT2D eigenvalue weighted by Crippen LogP contribution is 2.54. The summed E-state index contributed by atoms with van der Waals surface area (Å²) >= 11 is 0. The van der Waals surface area contributed by atoms with Gasteiger partial charge in [-0.05, 0) is 46.0 Å². The monoisotopic (exact) mass is 318 g/mol. The Morgan fingerprint density at radius 1 is 1.08 bits per heavy atom. The van der Waals surface area contributed by atoms with Crippen molar-refractivity contribution in [1.29, 1.82) is 0 Å². The molecule has 5 rings (SSSR count). The number of fused-ring (bicyclic) bond motifs is 8. The van der Waals surface area contributed by atoms with E-state index in [2.05, 4.69) is 23.3 Å². The molecule has 0 saturated heterocycles. The van der Waals surface area contributed by atoms with E-state index in [9.17, 15) is 9.90 Å². The minimum absolute atomic E-state index is 0.0819. The molecule has 5 nitrogen and oxygen atoms in total. The second-order valence-corrected chi connectivity index (χ2v) is 6.21. The van der Waals surface area contributed by atoms with Crippen molar-refractivity contribution in [2.24, 2.45) is 0 Å². The Labute approximate surface area is 138 Å². The van der Waals surface area contributed by atoms with Crippen LogP contribution in [0.1, 0.15) is 50.4 Å². The Bertz CT molecular complexity index is 963. The van der Waals surface area contributed by atoms with Gasteiger partial charge in [-0.25, -0.2) is 4.79 Å². The van der Waals surface area contributed by atoms with Crippen molar-refractivity contribution in [3.05, 3.63) is 88.2 Å². The maximum absolute atomic E-state index is 11.2. The van der Waals surface area contributed by atoms with Gasteiger partial charge in [-0.2, -0.15) is 5.10 Å². The van der Waals surface area contributed by atoms with Crippen LogP contribution in [-0.4, -0.2) is 20.9 Å². The van der Waals surface area contributed by atoms with E-state index in [0.717, 1.165) is 22.3 Å². The fourth-order valence-electron chi connectivity index (χ4n) is 3.71. The second kappa shape index (κ2) is 4.79. The lowest BCUT2D eigenvalue weighted by Gasteiger charge is -2.17. The normalized spacial score (nSPS) is 20.0. The molecule has 118 valence electrons. The molecule has 2 aromatic carbocycles. The van der Waals surface area contributed by atoms with Gasteiger partial charge in [-0.3, -0.25) is 4.68 Å². The van der Waals surface area contributed by atoms with Crippen LogP contribution in [0.25, 0.3) is 0 Å². The first-order chi connectivity index (χ1) is 11.7. The molecule has 3 aromatic rings. The number of carboxylic acid groups (broad SMARTS) is 1. The Hall–Kier alpha value is -2.92. The molecule has 2 aliphatic heterocycles. The van der Waals surface area contributed by atoms with Crippen LogP contribution in [-0.2, 0) is 11.3 Å². The molecule has 24 heavy (non-hydrogen) atoms. The average molecular weight is 318 g/mol. The third kappa shape index (κ3) is 1.85. The minimum atomic E-state index is -0.909. The first-order valence-electron chi connectivity index (χ1n) is 7.83. The summed E-state index contributed by atoms with van der Waals surface area (Å²) < 4.78 is 8.00. The number of aromatic carboxylic acids is 1. The van der Waals surface area contributed by atoms with Crippen LogP contribution in [0, 0.1) is 0 Å². The van der Waals surface area contributed by atoms with E-state index in [1.165, 1.54) is 5.56 Å². The molecule has 0 fully saturated rings. The van der Waals surface area contributed by atoms with Crippen LogP contribution >= 0.6 is 0 Å². The molecule has 2 aliphatic rings. The zero-order valence-electron chi connectivity index (χ0n) is 12.7. The molecule has 0 unspecified atom stereocenters. The predicted octanol–water partition coefficient (Wildman–Crippen LogP) is 3.15. The maximum atomic E-state index is 11.2. The third-order valence-corrected chi connectivity index (χ3v) is 4.79. The van der Waals surface area contributed by atoms with Crippen LogP contribution in [0.2, 0.25) is 0 Å². The van der Waals surface area contributed by atoms with Crippen molar-refractivity contribution in [1.82, 2.24) is 9.78 Å². The van der Waals surface area contributed by atoms with Crippen molar-refractivity contribution in [2.75, 3.05) is 0 Å². The Morgan fingerprint density at radius 2 is 1.83 bits per heavy atom. The number of carbonyl (C=O) groups is 1. The van der Waals surface area contributed by atoms with Gasteiger partial charge < -0.3 is 9.84 Å². The molecule has 0 spiro atoms. The van der Waals surface area contributed by atoms with Crippen molar-refractivity contribution < 1.29 is 14.6 Å². The van der Waals surface area contributed by atoms with E-state index >= 15 is 0 Å². The van der Waals surface area contributed by atoms with E-state index in [-0.39, 0.29) is 12.2 Å². The van der Waals surface area contributed by atoms with E-state index in [4.69, 9.17) is 4.74 Å². The number of aromatic nitrogens is 2. The van der Waals surface area contributed by atoms with Crippen LogP contribution in [0.5, 0.6) is 0 Å². The van der Waals surface area contributed by atoms with Gasteiger partial charge in [0.2, 0.25) is 0 Å². The van der Waals surface area contributed by atoms with Gasteiger partial charge >= 0.3 is 5.97 Å². The van der Waals surface area contributed by atoms with Crippen molar-refractivity contribution in [2.45, 2.75) is 18.8 Å². The summed E-state index contributed by atoms with van der Waals surface area (Å²) in [6.07, 6.45) is 3.45. The number of rotatable bonds is 3. The smallest absolute Gasteiger partial charge is 0.335 e. The average Bonchev–Trinajstić information content (AvgIpc) is 3.29. The van der Waals surface area contributed by atoms with Gasteiger partial charge in [-0.1, -0.05) is 24.3 Å². The zero-order valence-corrected chi connectivity index (χ0v) is 12.7. The number of carboxylic acids is 1. The molecule has 5 heteroatoms. The van der Waals surface area contributed by atoms with Gasteiger partial charge in [0, 0.05) is 12.4 Å². The molecule has 1 N–H and O–H groups in total. The summed E-state index contributed by atoms with van der Waals surface area (Å²) in [4.78, 5) is 11.2. The first kappa shape index (κ1) is 13.5.